The number of aryl methyl sites for hydroxylation is 2. The minimum Gasteiger partial charge on any atom is -0.493 e. The molecule has 1 aromatic carbocycles. The van der Waals surface area contributed by atoms with Crippen LogP contribution in [0.15, 0.2) is 18.2 Å². The molecule has 3 nitrogen and oxygen atoms in total. The highest BCUT2D eigenvalue weighted by Gasteiger charge is 2.17. The smallest absolute Gasteiger partial charge is 0.225 e. The summed E-state index contributed by atoms with van der Waals surface area (Å²) in [4.78, 5) is 13.8. The van der Waals surface area contributed by atoms with Crippen molar-refractivity contribution in [2.45, 2.75) is 33.1 Å². The van der Waals surface area contributed by atoms with Gasteiger partial charge in [-0.15, -0.1) is 0 Å². The molecule has 0 radical (unpaired) electrons. The molecule has 3 heteroatoms. The Hall–Kier alpha value is -1.51. The molecule has 1 saturated heterocycles. The second-order valence-electron chi connectivity index (χ2n) is 4.96. The second kappa shape index (κ2) is 5.89. The first-order chi connectivity index (χ1) is 8.66. The summed E-state index contributed by atoms with van der Waals surface area (Å²) in [6.45, 7) is 6.38. The Morgan fingerprint density at radius 3 is 2.72 bits per heavy atom. The van der Waals surface area contributed by atoms with Gasteiger partial charge in [0.2, 0.25) is 5.91 Å². The van der Waals surface area contributed by atoms with E-state index >= 15 is 0 Å². The van der Waals surface area contributed by atoms with E-state index in [1.165, 1.54) is 5.56 Å². The fourth-order valence-electron chi connectivity index (χ4n) is 2.24. The first kappa shape index (κ1) is 12.9. The van der Waals surface area contributed by atoms with E-state index < -0.39 is 0 Å². The van der Waals surface area contributed by atoms with E-state index in [0.717, 1.165) is 37.2 Å². The van der Waals surface area contributed by atoms with Gasteiger partial charge in [0.05, 0.1) is 13.0 Å². The van der Waals surface area contributed by atoms with Crippen molar-refractivity contribution in [3.05, 3.63) is 29.3 Å². The van der Waals surface area contributed by atoms with Gasteiger partial charge in [-0.2, -0.15) is 0 Å². The van der Waals surface area contributed by atoms with Gasteiger partial charge in [0.15, 0.2) is 0 Å². The zero-order chi connectivity index (χ0) is 13.0. The van der Waals surface area contributed by atoms with E-state index in [0.29, 0.717) is 13.0 Å². The van der Waals surface area contributed by atoms with Crippen LogP contribution in [-0.4, -0.2) is 30.5 Å². The monoisotopic (exact) mass is 247 g/mol. The quantitative estimate of drug-likeness (QED) is 0.818. The lowest BCUT2D eigenvalue weighted by atomic mass is 10.1. The number of hydrogen-bond donors (Lipinski definition) is 0. The van der Waals surface area contributed by atoms with Crippen molar-refractivity contribution in [3.63, 3.8) is 0 Å². The Balaban J connectivity index is 1.81. The van der Waals surface area contributed by atoms with Gasteiger partial charge < -0.3 is 9.64 Å². The summed E-state index contributed by atoms with van der Waals surface area (Å²) in [7, 11) is 0. The van der Waals surface area contributed by atoms with Crippen LogP contribution in [0.2, 0.25) is 0 Å². The van der Waals surface area contributed by atoms with E-state index in [4.69, 9.17) is 4.74 Å². The topological polar surface area (TPSA) is 29.5 Å². The third-order valence-electron chi connectivity index (χ3n) is 3.38. The highest BCUT2D eigenvalue weighted by molar-refractivity contribution is 5.76. The minimum atomic E-state index is 0.220. The van der Waals surface area contributed by atoms with Crippen molar-refractivity contribution in [2.24, 2.45) is 0 Å². The summed E-state index contributed by atoms with van der Waals surface area (Å²) < 4.78 is 5.70. The molecule has 0 unspecified atom stereocenters. The molecule has 0 aliphatic carbocycles. The number of amides is 1. The molecule has 0 saturated carbocycles. The lowest BCUT2D eigenvalue weighted by Crippen LogP contribution is -2.28. The van der Waals surface area contributed by atoms with Crippen LogP contribution in [0.3, 0.4) is 0 Å². The summed E-state index contributed by atoms with van der Waals surface area (Å²) in [6.07, 6.45) is 2.76. The van der Waals surface area contributed by atoms with Crippen LogP contribution in [0.4, 0.5) is 0 Å². The molecule has 18 heavy (non-hydrogen) atoms. The van der Waals surface area contributed by atoms with Crippen molar-refractivity contribution in [1.29, 1.82) is 0 Å². The van der Waals surface area contributed by atoms with Crippen molar-refractivity contribution < 1.29 is 9.53 Å². The summed E-state index contributed by atoms with van der Waals surface area (Å²) in [5, 5.41) is 0. The lowest BCUT2D eigenvalue weighted by molar-refractivity contribution is -0.130. The summed E-state index contributed by atoms with van der Waals surface area (Å²) in [5.41, 5.74) is 2.30. The maximum atomic E-state index is 11.8. The van der Waals surface area contributed by atoms with Gasteiger partial charge in [-0.1, -0.05) is 12.1 Å². The first-order valence-electron chi connectivity index (χ1n) is 6.64. The Bertz CT molecular complexity index is 423. The molecule has 1 aliphatic rings. The molecule has 98 valence electrons. The molecular formula is C15H21NO2. The van der Waals surface area contributed by atoms with Crippen molar-refractivity contribution in [2.75, 3.05) is 19.7 Å². The van der Waals surface area contributed by atoms with Crippen LogP contribution in [0.1, 0.15) is 30.4 Å². The fraction of sp³-hybridized carbons (Fsp3) is 0.533. The number of carbonyl (C=O) groups is 1. The normalized spacial score (nSPS) is 14.9. The fourth-order valence-corrected chi connectivity index (χ4v) is 2.24. The van der Waals surface area contributed by atoms with Gasteiger partial charge in [-0.25, -0.2) is 0 Å². The van der Waals surface area contributed by atoms with Gasteiger partial charge in [0.25, 0.3) is 0 Å². The molecule has 0 atom stereocenters. The number of hydrogen-bond acceptors (Lipinski definition) is 2. The molecule has 2 rings (SSSR count). The SMILES string of the molecule is Cc1ccc(C)c(OCCC(=O)N2CCCC2)c1. The Kier molecular flexibility index (Phi) is 4.24. The molecule has 1 aliphatic heterocycles. The number of benzene rings is 1. The number of carbonyl (C=O) groups excluding carboxylic acids is 1. The van der Waals surface area contributed by atoms with E-state index in [2.05, 4.69) is 6.07 Å². The van der Waals surface area contributed by atoms with Gasteiger partial charge >= 0.3 is 0 Å². The molecule has 0 aromatic heterocycles. The van der Waals surface area contributed by atoms with Crippen molar-refractivity contribution in [1.82, 2.24) is 4.90 Å². The lowest BCUT2D eigenvalue weighted by Gasteiger charge is -2.15. The van der Waals surface area contributed by atoms with Crippen LogP contribution in [0.25, 0.3) is 0 Å². The van der Waals surface area contributed by atoms with Crippen LogP contribution >= 0.6 is 0 Å². The summed E-state index contributed by atoms with van der Waals surface area (Å²) in [6, 6.07) is 6.14. The summed E-state index contributed by atoms with van der Waals surface area (Å²) in [5.74, 6) is 1.11. The maximum Gasteiger partial charge on any atom is 0.225 e. The third kappa shape index (κ3) is 3.25. The van der Waals surface area contributed by atoms with E-state index in [9.17, 15) is 4.79 Å². The zero-order valence-electron chi connectivity index (χ0n) is 11.2. The molecule has 1 heterocycles. The third-order valence-corrected chi connectivity index (χ3v) is 3.38. The van der Waals surface area contributed by atoms with Crippen LogP contribution < -0.4 is 4.74 Å². The predicted molar refractivity (Wildman–Crippen MR) is 71.8 cm³/mol. The largest absolute Gasteiger partial charge is 0.493 e. The number of rotatable bonds is 4. The molecule has 0 bridgehead atoms. The molecule has 0 spiro atoms. The molecule has 1 amide bonds. The van der Waals surface area contributed by atoms with Gasteiger partial charge in [-0.05, 0) is 43.9 Å². The number of nitrogens with zero attached hydrogens (tertiary/aromatic N) is 1. The first-order valence-corrected chi connectivity index (χ1v) is 6.64. The molecule has 1 fully saturated rings. The average Bonchev–Trinajstić information content (AvgIpc) is 2.87. The highest BCUT2D eigenvalue weighted by Crippen LogP contribution is 2.19. The Morgan fingerprint density at radius 2 is 2.00 bits per heavy atom. The standard InChI is InChI=1S/C15H21NO2/c1-12-5-6-13(2)14(11-12)18-10-7-15(17)16-8-3-4-9-16/h5-6,11H,3-4,7-10H2,1-2H3. The van der Waals surface area contributed by atoms with Crippen LogP contribution in [-0.2, 0) is 4.79 Å². The van der Waals surface area contributed by atoms with E-state index in [1.807, 2.05) is 30.9 Å². The highest BCUT2D eigenvalue weighted by atomic mass is 16.5. The Morgan fingerprint density at radius 1 is 1.28 bits per heavy atom. The second-order valence-corrected chi connectivity index (χ2v) is 4.96. The number of ether oxygens (including phenoxy) is 1. The maximum absolute atomic E-state index is 11.8. The average molecular weight is 247 g/mol. The molecular weight excluding hydrogens is 226 g/mol. The van der Waals surface area contributed by atoms with Gasteiger partial charge in [0, 0.05) is 13.1 Å². The summed E-state index contributed by atoms with van der Waals surface area (Å²) >= 11 is 0. The predicted octanol–water partition coefficient (Wildman–Crippen LogP) is 2.69. The molecule has 0 N–H and O–H groups in total. The minimum absolute atomic E-state index is 0.220. The van der Waals surface area contributed by atoms with Crippen molar-refractivity contribution >= 4 is 5.91 Å². The van der Waals surface area contributed by atoms with E-state index in [1.54, 1.807) is 0 Å². The van der Waals surface area contributed by atoms with Crippen LogP contribution in [0.5, 0.6) is 5.75 Å². The Labute approximate surface area is 109 Å². The molecule has 1 aromatic rings. The van der Waals surface area contributed by atoms with Crippen LogP contribution in [0, 0.1) is 13.8 Å². The van der Waals surface area contributed by atoms with Gasteiger partial charge in [0.1, 0.15) is 5.75 Å². The van der Waals surface area contributed by atoms with Gasteiger partial charge in [-0.3, -0.25) is 4.79 Å². The number of likely N-dealkylation sites (tertiary alicyclic amines) is 1. The zero-order valence-corrected chi connectivity index (χ0v) is 11.2. The van der Waals surface area contributed by atoms with Crippen molar-refractivity contribution in [3.8, 4) is 5.75 Å². The van der Waals surface area contributed by atoms with E-state index in [-0.39, 0.29) is 5.91 Å².